The third kappa shape index (κ3) is 4.11. The Hall–Kier alpha value is -2.41. The number of benzene rings is 1. The van der Waals surface area contributed by atoms with Crippen molar-refractivity contribution in [3.05, 3.63) is 51.6 Å². The second-order valence-corrected chi connectivity index (χ2v) is 5.78. The number of methoxy groups -OCH3 is 2. The Morgan fingerprint density at radius 1 is 1.21 bits per heavy atom. The van der Waals surface area contributed by atoms with Crippen LogP contribution in [-0.2, 0) is 11.2 Å². The van der Waals surface area contributed by atoms with Gasteiger partial charge in [-0.25, -0.2) is 9.78 Å². The molecule has 0 aliphatic rings. The fourth-order valence-corrected chi connectivity index (χ4v) is 2.55. The van der Waals surface area contributed by atoms with Crippen molar-refractivity contribution in [3.8, 4) is 11.6 Å². The van der Waals surface area contributed by atoms with Crippen LogP contribution in [0.2, 0.25) is 0 Å². The molecule has 1 N–H and O–H groups in total. The quantitative estimate of drug-likeness (QED) is 0.599. The summed E-state index contributed by atoms with van der Waals surface area (Å²) >= 11 is 3.38. The minimum absolute atomic E-state index is 0.154. The first-order valence-electron chi connectivity index (χ1n) is 7.10. The second-order valence-electron chi connectivity index (χ2n) is 4.93. The summed E-state index contributed by atoms with van der Waals surface area (Å²) in [5, 5.41) is 9.97. The van der Waals surface area contributed by atoms with E-state index in [0.29, 0.717) is 18.0 Å². The lowest BCUT2D eigenvalue weighted by Crippen LogP contribution is -2.06. The number of phenols is 1. The van der Waals surface area contributed by atoms with Crippen LogP contribution in [0, 0.1) is 0 Å². The Morgan fingerprint density at radius 3 is 2.58 bits per heavy atom. The molecule has 0 unspecified atom stereocenters. The number of Topliss-reactive ketones (excluding diaryl/α,β-unsaturated/α-hetero) is 1. The van der Waals surface area contributed by atoms with Crippen LogP contribution in [0.4, 0.5) is 0 Å². The highest BCUT2D eigenvalue weighted by Gasteiger charge is 2.15. The number of halogens is 1. The average Bonchev–Trinajstić information content (AvgIpc) is 2.59. The predicted molar refractivity (Wildman–Crippen MR) is 90.6 cm³/mol. The van der Waals surface area contributed by atoms with Crippen molar-refractivity contribution in [2.45, 2.75) is 12.8 Å². The van der Waals surface area contributed by atoms with E-state index in [4.69, 9.17) is 4.74 Å². The number of ether oxygens (including phenoxy) is 2. The largest absolute Gasteiger partial charge is 0.507 e. The SMILES string of the molecule is COC(=O)c1ccc(C(=O)CCc2nc(OC)ccc2Br)c(O)c1. The molecule has 7 heteroatoms. The molecule has 0 atom stereocenters. The Balaban J connectivity index is 2.12. The lowest BCUT2D eigenvalue weighted by atomic mass is 10.0. The minimum atomic E-state index is -0.575. The van der Waals surface area contributed by atoms with Gasteiger partial charge in [0.1, 0.15) is 5.75 Å². The highest BCUT2D eigenvalue weighted by molar-refractivity contribution is 9.10. The van der Waals surface area contributed by atoms with Gasteiger partial charge >= 0.3 is 5.97 Å². The molecule has 2 rings (SSSR count). The van der Waals surface area contributed by atoms with Crippen molar-refractivity contribution in [2.24, 2.45) is 0 Å². The number of rotatable bonds is 6. The standard InChI is InChI=1S/C17H16BrNO5/c1-23-16-8-5-12(18)13(19-16)6-7-14(20)11-4-3-10(9-15(11)21)17(22)24-2/h3-5,8-9,21H,6-7H2,1-2H3. The second kappa shape index (κ2) is 7.92. The molecule has 1 aromatic carbocycles. The van der Waals surface area contributed by atoms with Crippen LogP contribution in [0.1, 0.15) is 32.8 Å². The Kier molecular flexibility index (Phi) is 5.92. The molecule has 0 saturated heterocycles. The number of carbonyl (C=O) groups excluding carboxylic acids is 2. The van der Waals surface area contributed by atoms with Crippen LogP contribution in [0.15, 0.2) is 34.8 Å². The summed E-state index contributed by atoms with van der Waals surface area (Å²) in [6, 6.07) is 7.59. The van der Waals surface area contributed by atoms with Gasteiger partial charge in [-0.3, -0.25) is 4.79 Å². The molecule has 0 aliphatic heterocycles. The van der Waals surface area contributed by atoms with Crippen molar-refractivity contribution in [3.63, 3.8) is 0 Å². The number of aromatic hydroxyl groups is 1. The molecule has 0 amide bonds. The Morgan fingerprint density at radius 2 is 1.96 bits per heavy atom. The van der Waals surface area contributed by atoms with Gasteiger partial charge in [0, 0.05) is 17.0 Å². The number of hydrogen-bond acceptors (Lipinski definition) is 6. The van der Waals surface area contributed by atoms with E-state index in [-0.39, 0.29) is 29.1 Å². The number of esters is 1. The maximum atomic E-state index is 12.3. The molecule has 1 heterocycles. The van der Waals surface area contributed by atoms with E-state index in [1.807, 2.05) is 0 Å². The molecule has 0 fully saturated rings. The number of hydrogen-bond donors (Lipinski definition) is 1. The normalized spacial score (nSPS) is 10.3. The number of ketones is 1. The molecular weight excluding hydrogens is 378 g/mol. The lowest BCUT2D eigenvalue weighted by Gasteiger charge is -2.08. The van der Waals surface area contributed by atoms with E-state index in [1.165, 1.54) is 32.4 Å². The van der Waals surface area contributed by atoms with E-state index in [2.05, 4.69) is 25.7 Å². The molecule has 0 radical (unpaired) electrons. The van der Waals surface area contributed by atoms with Gasteiger partial charge in [0.05, 0.1) is 31.0 Å². The van der Waals surface area contributed by atoms with Gasteiger partial charge in [0.15, 0.2) is 5.78 Å². The van der Waals surface area contributed by atoms with Gasteiger partial charge < -0.3 is 14.6 Å². The topological polar surface area (TPSA) is 85.7 Å². The smallest absolute Gasteiger partial charge is 0.337 e. The summed E-state index contributed by atoms with van der Waals surface area (Å²) < 4.78 is 10.4. The number of phenolic OH excluding ortho intramolecular Hbond substituents is 1. The van der Waals surface area contributed by atoms with Crippen molar-refractivity contribution in [1.29, 1.82) is 0 Å². The third-order valence-electron chi connectivity index (χ3n) is 3.41. The van der Waals surface area contributed by atoms with Gasteiger partial charge in [-0.05, 0) is 46.6 Å². The molecule has 6 nitrogen and oxygen atoms in total. The molecule has 2 aromatic rings. The maximum absolute atomic E-state index is 12.3. The number of aromatic nitrogens is 1. The summed E-state index contributed by atoms with van der Waals surface area (Å²) in [4.78, 5) is 28.0. The van der Waals surface area contributed by atoms with E-state index in [1.54, 1.807) is 12.1 Å². The molecule has 0 saturated carbocycles. The fraction of sp³-hybridized carbons (Fsp3) is 0.235. The van der Waals surface area contributed by atoms with Crippen LogP contribution >= 0.6 is 15.9 Å². The maximum Gasteiger partial charge on any atom is 0.337 e. The lowest BCUT2D eigenvalue weighted by molar-refractivity contribution is 0.0600. The van der Waals surface area contributed by atoms with Gasteiger partial charge in [-0.1, -0.05) is 0 Å². The zero-order valence-electron chi connectivity index (χ0n) is 13.2. The van der Waals surface area contributed by atoms with Gasteiger partial charge in [0.25, 0.3) is 0 Å². The van der Waals surface area contributed by atoms with Gasteiger partial charge in [-0.2, -0.15) is 0 Å². The molecule has 1 aromatic heterocycles. The van der Waals surface area contributed by atoms with Crippen molar-refractivity contribution in [1.82, 2.24) is 4.98 Å². The van der Waals surface area contributed by atoms with Gasteiger partial charge in [-0.15, -0.1) is 0 Å². The van der Waals surface area contributed by atoms with Crippen molar-refractivity contribution < 1.29 is 24.2 Å². The zero-order valence-corrected chi connectivity index (χ0v) is 14.8. The monoisotopic (exact) mass is 393 g/mol. The highest BCUT2D eigenvalue weighted by Crippen LogP contribution is 2.24. The Labute approximate surface area is 147 Å². The molecule has 0 bridgehead atoms. The van der Waals surface area contributed by atoms with Crippen LogP contribution in [0.25, 0.3) is 0 Å². The van der Waals surface area contributed by atoms with Crippen LogP contribution < -0.4 is 4.74 Å². The third-order valence-corrected chi connectivity index (χ3v) is 4.13. The van der Waals surface area contributed by atoms with E-state index in [9.17, 15) is 14.7 Å². The van der Waals surface area contributed by atoms with Crippen molar-refractivity contribution in [2.75, 3.05) is 14.2 Å². The predicted octanol–water partition coefficient (Wildman–Crippen LogP) is 3.16. The summed E-state index contributed by atoms with van der Waals surface area (Å²) in [7, 11) is 2.77. The molecular formula is C17H16BrNO5. The number of nitrogens with zero attached hydrogens (tertiary/aromatic N) is 1. The van der Waals surface area contributed by atoms with Crippen LogP contribution in [0.3, 0.4) is 0 Å². The first-order chi connectivity index (χ1) is 11.5. The van der Waals surface area contributed by atoms with E-state index in [0.717, 1.165) is 4.47 Å². The highest BCUT2D eigenvalue weighted by atomic mass is 79.9. The first kappa shape index (κ1) is 17.9. The number of carbonyl (C=O) groups is 2. The average molecular weight is 394 g/mol. The molecule has 0 aliphatic carbocycles. The summed E-state index contributed by atoms with van der Waals surface area (Å²) in [5.74, 6) is -0.610. The molecule has 126 valence electrons. The zero-order chi connectivity index (χ0) is 17.7. The van der Waals surface area contributed by atoms with E-state index < -0.39 is 5.97 Å². The summed E-state index contributed by atoms with van der Waals surface area (Å²) in [6.45, 7) is 0. The van der Waals surface area contributed by atoms with Crippen LogP contribution in [0.5, 0.6) is 11.6 Å². The number of aryl methyl sites for hydroxylation is 1. The molecule has 0 spiro atoms. The van der Waals surface area contributed by atoms with Crippen molar-refractivity contribution >= 4 is 27.7 Å². The first-order valence-corrected chi connectivity index (χ1v) is 7.89. The van der Waals surface area contributed by atoms with Crippen LogP contribution in [-0.4, -0.2) is 36.1 Å². The minimum Gasteiger partial charge on any atom is -0.507 e. The van der Waals surface area contributed by atoms with E-state index >= 15 is 0 Å². The number of pyridine rings is 1. The summed E-state index contributed by atoms with van der Waals surface area (Å²) in [6.07, 6.45) is 0.540. The van der Waals surface area contributed by atoms with Gasteiger partial charge in [0.2, 0.25) is 5.88 Å². The fourth-order valence-electron chi connectivity index (χ4n) is 2.13. The summed E-state index contributed by atoms with van der Waals surface area (Å²) in [5.41, 5.74) is 1.03. The Bertz CT molecular complexity index is 776. The molecule has 24 heavy (non-hydrogen) atoms.